The fourth-order valence-corrected chi connectivity index (χ4v) is 2.28. The van der Waals surface area contributed by atoms with E-state index < -0.39 is 0 Å². The van der Waals surface area contributed by atoms with Crippen molar-refractivity contribution in [1.82, 2.24) is 9.97 Å². The molecule has 0 amide bonds. The lowest BCUT2D eigenvalue weighted by Gasteiger charge is -2.15. The molecule has 0 unspecified atom stereocenters. The number of nitrogens with one attached hydrogen (secondary N) is 1. The van der Waals surface area contributed by atoms with E-state index in [0.717, 1.165) is 6.54 Å². The normalized spacial score (nSPS) is 16.9. The zero-order valence-corrected chi connectivity index (χ0v) is 10.3. The molecule has 16 heavy (non-hydrogen) atoms. The molecule has 0 spiro atoms. The minimum atomic E-state index is 0.369. The highest BCUT2D eigenvalue weighted by Crippen LogP contribution is 2.47. The van der Waals surface area contributed by atoms with E-state index in [9.17, 15) is 0 Å². The van der Waals surface area contributed by atoms with Crippen LogP contribution in [0.3, 0.4) is 0 Å². The lowest BCUT2D eigenvalue weighted by Crippen LogP contribution is -2.18. The van der Waals surface area contributed by atoms with Crippen LogP contribution in [-0.4, -0.2) is 34.6 Å². The number of anilines is 2. The van der Waals surface area contributed by atoms with Crippen molar-refractivity contribution in [3.8, 4) is 5.75 Å². The van der Waals surface area contributed by atoms with Crippen LogP contribution in [0.15, 0.2) is 6.33 Å². The monoisotopic (exact) mass is 240 g/mol. The summed E-state index contributed by atoms with van der Waals surface area (Å²) in [5.74, 6) is 1.57. The SMILES string of the molecule is COc1c(N)ncnc1NCC1(SC)CC1. The zero-order valence-electron chi connectivity index (χ0n) is 9.49. The molecule has 3 N–H and O–H groups in total. The highest BCUT2D eigenvalue weighted by molar-refractivity contribution is 8.00. The first-order valence-corrected chi connectivity index (χ1v) is 6.37. The van der Waals surface area contributed by atoms with Gasteiger partial charge in [0.25, 0.3) is 0 Å². The van der Waals surface area contributed by atoms with Crippen LogP contribution in [0, 0.1) is 0 Å². The van der Waals surface area contributed by atoms with Crippen LogP contribution in [0.1, 0.15) is 12.8 Å². The second-order valence-electron chi connectivity index (χ2n) is 3.88. The predicted molar refractivity (Wildman–Crippen MR) is 67.0 cm³/mol. The Bertz CT molecular complexity index is 381. The molecule has 1 aliphatic carbocycles. The second kappa shape index (κ2) is 4.37. The molecule has 0 radical (unpaired) electrons. The van der Waals surface area contributed by atoms with Gasteiger partial charge in [0.15, 0.2) is 11.6 Å². The van der Waals surface area contributed by atoms with Gasteiger partial charge in [-0.1, -0.05) is 0 Å². The first-order chi connectivity index (χ1) is 7.71. The topological polar surface area (TPSA) is 73.1 Å². The molecule has 1 saturated carbocycles. The lowest BCUT2D eigenvalue weighted by atomic mass is 10.4. The third kappa shape index (κ3) is 2.16. The van der Waals surface area contributed by atoms with E-state index in [1.54, 1.807) is 7.11 Å². The number of nitrogens with zero attached hydrogens (tertiary/aromatic N) is 2. The molecule has 88 valence electrons. The molecule has 0 bridgehead atoms. The summed E-state index contributed by atoms with van der Waals surface area (Å²) in [6.45, 7) is 0.890. The maximum absolute atomic E-state index is 5.70. The van der Waals surface area contributed by atoms with E-state index >= 15 is 0 Å². The molecule has 2 rings (SSSR count). The lowest BCUT2D eigenvalue weighted by molar-refractivity contribution is 0.415. The van der Waals surface area contributed by atoms with Crippen LogP contribution in [0.5, 0.6) is 5.75 Å². The second-order valence-corrected chi connectivity index (χ2v) is 5.16. The Morgan fingerprint density at radius 3 is 2.88 bits per heavy atom. The van der Waals surface area contributed by atoms with E-state index in [0.29, 0.717) is 22.1 Å². The number of aromatic nitrogens is 2. The summed E-state index contributed by atoms with van der Waals surface area (Å²) in [7, 11) is 1.57. The summed E-state index contributed by atoms with van der Waals surface area (Å²) >= 11 is 1.90. The van der Waals surface area contributed by atoms with Gasteiger partial charge in [0.2, 0.25) is 5.75 Å². The Balaban J connectivity index is 2.06. The molecule has 0 saturated heterocycles. The fourth-order valence-electron chi connectivity index (χ4n) is 1.55. The Morgan fingerprint density at radius 1 is 1.56 bits per heavy atom. The molecule has 5 nitrogen and oxygen atoms in total. The van der Waals surface area contributed by atoms with Gasteiger partial charge in [-0.3, -0.25) is 0 Å². The van der Waals surface area contributed by atoms with Crippen molar-refractivity contribution < 1.29 is 4.74 Å². The largest absolute Gasteiger partial charge is 0.490 e. The van der Waals surface area contributed by atoms with Gasteiger partial charge in [0.05, 0.1) is 7.11 Å². The van der Waals surface area contributed by atoms with Crippen LogP contribution >= 0.6 is 11.8 Å². The van der Waals surface area contributed by atoms with Gasteiger partial charge >= 0.3 is 0 Å². The number of thioether (sulfide) groups is 1. The molecule has 1 aliphatic rings. The van der Waals surface area contributed by atoms with Crippen molar-refractivity contribution in [2.45, 2.75) is 17.6 Å². The number of methoxy groups -OCH3 is 1. The Morgan fingerprint density at radius 2 is 2.31 bits per heavy atom. The predicted octanol–water partition coefficient (Wildman–Crippen LogP) is 1.37. The van der Waals surface area contributed by atoms with Crippen molar-refractivity contribution >= 4 is 23.4 Å². The average Bonchev–Trinajstić information content (AvgIpc) is 3.07. The van der Waals surface area contributed by atoms with Crippen molar-refractivity contribution in [3.63, 3.8) is 0 Å². The molecular formula is C10H16N4OS. The molecule has 1 fully saturated rings. The van der Waals surface area contributed by atoms with E-state index in [2.05, 4.69) is 21.5 Å². The molecule has 1 aromatic heterocycles. The molecular weight excluding hydrogens is 224 g/mol. The summed E-state index contributed by atoms with van der Waals surface area (Å²) in [5, 5.41) is 3.28. The van der Waals surface area contributed by atoms with E-state index in [-0.39, 0.29) is 0 Å². The first kappa shape index (κ1) is 11.3. The van der Waals surface area contributed by atoms with Crippen LogP contribution in [-0.2, 0) is 0 Å². The van der Waals surface area contributed by atoms with Gasteiger partial charge in [0, 0.05) is 11.3 Å². The van der Waals surface area contributed by atoms with Gasteiger partial charge in [-0.15, -0.1) is 0 Å². The molecule has 0 aromatic carbocycles. The van der Waals surface area contributed by atoms with Gasteiger partial charge in [-0.25, -0.2) is 9.97 Å². The van der Waals surface area contributed by atoms with Crippen molar-refractivity contribution in [1.29, 1.82) is 0 Å². The highest BCUT2D eigenvalue weighted by atomic mass is 32.2. The van der Waals surface area contributed by atoms with Gasteiger partial charge < -0.3 is 15.8 Å². The standard InChI is InChI=1S/C10H16N4OS/c1-15-7-8(11)13-6-14-9(7)12-5-10(16-2)3-4-10/h6H,3-5H2,1-2H3,(H3,11,12,13,14). The number of rotatable bonds is 5. The van der Waals surface area contributed by atoms with Gasteiger partial charge in [0.1, 0.15) is 6.33 Å². The van der Waals surface area contributed by atoms with Crippen LogP contribution in [0.4, 0.5) is 11.6 Å². The minimum absolute atomic E-state index is 0.369. The number of ether oxygens (including phenoxy) is 1. The van der Waals surface area contributed by atoms with E-state index in [1.165, 1.54) is 19.2 Å². The first-order valence-electron chi connectivity index (χ1n) is 5.14. The summed E-state index contributed by atoms with van der Waals surface area (Å²) in [4.78, 5) is 8.03. The van der Waals surface area contributed by atoms with Crippen molar-refractivity contribution in [2.24, 2.45) is 0 Å². The quantitative estimate of drug-likeness (QED) is 0.810. The average molecular weight is 240 g/mol. The minimum Gasteiger partial charge on any atom is -0.490 e. The van der Waals surface area contributed by atoms with E-state index in [1.807, 2.05) is 11.8 Å². The summed E-state index contributed by atoms with van der Waals surface area (Å²) < 4.78 is 5.56. The van der Waals surface area contributed by atoms with Crippen LogP contribution in [0.25, 0.3) is 0 Å². The van der Waals surface area contributed by atoms with Gasteiger partial charge in [-0.05, 0) is 19.1 Å². The Kier molecular flexibility index (Phi) is 3.09. The number of nitrogens with two attached hydrogens (primary N) is 1. The summed E-state index contributed by atoms with van der Waals surface area (Å²) in [6.07, 6.45) is 6.09. The summed E-state index contributed by atoms with van der Waals surface area (Å²) in [5.41, 5.74) is 5.70. The third-order valence-corrected chi connectivity index (χ3v) is 4.27. The number of nitrogen functional groups attached to an aromatic ring is 1. The number of hydrogen-bond acceptors (Lipinski definition) is 6. The van der Waals surface area contributed by atoms with Crippen molar-refractivity contribution in [2.75, 3.05) is 31.0 Å². The smallest absolute Gasteiger partial charge is 0.203 e. The third-order valence-electron chi connectivity index (χ3n) is 2.85. The van der Waals surface area contributed by atoms with Crippen LogP contribution in [0.2, 0.25) is 0 Å². The molecule has 0 aliphatic heterocycles. The Hall–Kier alpha value is -1.17. The summed E-state index contributed by atoms with van der Waals surface area (Å²) in [6, 6.07) is 0. The zero-order chi connectivity index (χ0) is 11.6. The van der Waals surface area contributed by atoms with E-state index in [4.69, 9.17) is 10.5 Å². The molecule has 0 atom stereocenters. The Labute approximate surface area is 99.2 Å². The maximum Gasteiger partial charge on any atom is 0.203 e. The van der Waals surface area contributed by atoms with Gasteiger partial charge in [-0.2, -0.15) is 11.8 Å². The highest BCUT2D eigenvalue weighted by Gasteiger charge is 2.41. The maximum atomic E-state index is 5.70. The molecule has 1 heterocycles. The molecule has 1 aromatic rings. The van der Waals surface area contributed by atoms with Crippen LogP contribution < -0.4 is 15.8 Å². The fraction of sp³-hybridized carbons (Fsp3) is 0.600. The number of hydrogen-bond donors (Lipinski definition) is 2. The van der Waals surface area contributed by atoms with Crippen molar-refractivity contribution in [3.05, 3.63) is 6.33 Å². The molecule has 6 heteroatoms.